The molecule has 2 atom stereocenters. The van der Waals surface area contributed by atoms with Gasteiger partial charge in [0.05, 0.1) is 22.4 Å². The standard InChI is InChI=1S/C24H19N3OS/c1-27-21-15-9-8-14-20(21)26-24(27)19(16-25)22(28)23(17-10-4-2-5-11-17)29-18-12-6-3-7-13-18/h2-15,19,23H,1H3/t19-,23+/m1/s1. The minimum absolute atomic E-state index is 0.161. The van der Waals surface area contributed by atoms with Gasteiger partial charge in [0.2, 0.25) is 0 Å². The highest BCUT2D eigenvalue weighted by Crippen LogP contribution is 2.39. The van der Waals surface area contributed by atoms with Gasteiger partial charge in [-0.05, 0) is 29.8 Å². The van der Waals surface area contributed by atoms with Gasteiger partial charge in [0, 0.05) is 11.9 Å². The number of carbonyl (C=O) groups excluding carboxylic acids is 1. The van der Waals surface area contributed by atoms with Crippen LogP contribution in [-0.4, -0.2) is 15.3 Å². The van der Waals surface area contributed by atoms with Crippen molar-refractivity contribution in [2.24, 2.45) is 7.05 Å². The second kappa shape index (κ2) is 8.34. The fourth-order valence-corrected chi connectivity index (χ4v) is 4.51. The van der Waals surface area contributed by atoms with Gasteiger partial charge >= 0.3 is 0 Å². The van der Waals surface area contributed by atoms with Gasteiger partial charge in [-0.2, -0.15) is 5.26 Å². The predicted octanol–water partition coefficient (Wildman–Crippen LogP) is 5.28. The number of hydrogen-bond acceptors (Lipinski definition) is 4. The van der Waals surface area contributed by atoms with Gasteiger partial charge in [0.15, 0.2) is 11.7 Å². The second-order valence-electron chi connectivity index (χ2n) is 6.70. The van der Waals surface area contributed by atoms with Gasteiger partial charge < -0.3 is 4.57 Å². The van der Waals surface area contributed by atoms with Gasteiger partial charge in [0.1, 0.15) is 5.82 Å². The number of fused-ring (bicyclic) bond motifs is 1. The molecule has 4 nitrogen and oxygen atoms in total. The molecule has 0 aliphatic rings. The zero-order chi connectivity index (χ0) is 20.2. The van der Waals surface area contributed by atoms with E-state index in [1.807, 2.05) is 96.5 Å². The molecule has 1 heterocycles. The first-order valence-electron chi connectivity index (χ1n) is 9.30. The highest BCUT2D eigenvalue weighted by Gasteiger charge is 2.33. The third-order valence-electron chi connectivity index (χ3n) is 4.85. The van der Waals surface area contributed by atoms with E-state index in [-0.39, 0.29) is 5.78 Å². The Kier molecular flexibility index (Phi) is 5.46. The number of carbonyl (C=O) groups is 1. The van der Waals surface area contributed by atoms with Crippen molar-refractivity contribution in [1.29, 1.82) is 5.26 Å². The van der Waals surface area contributed by atoms with E-state index in [1.54, 1.807) is 0 Å². The number of nitriles is 1. The molecule has 0 bridgehead atoms. The maximum atomic E-state index is 13.6. The quantitative estimate of drug-likeness (QED) is 0.415. The summed E-state index contributed by atoms with van der Waals surface area (Å²) >= 11 is 1.46. The van der Waals surface area contributed by atoms with Crippen LogP contribution in [-0.2, 0) is 11.8 Å². The van der Waals surface area contributed by atoms with Crippen LogP contribution in [0, 0.1) is 11.3 Å². The summed E-state index contributed by atoms with van der Waals surface area (Å²) in [6, 6.07) is 29.3. The Morgan fingerprint density at radius 3 is 2.24 bits per heavy atom. The van der Waals surface area contributed by atoms with Gasteiger partial charge in [-0.3, -0.25) is 4.79 Å². The van der Waals surface area contributed by atoms with Crippen molar-refractivity contribution >= 4 is 28.6 Å². The molecule has 0 amide bonds. The summed E-state index contributed by atoms with van der Waals surface area (Å²) in [6.07, 6.45) is 0. The summed E-state index contributed by atoms with van der Waals surface area (Å²) in [6.45, 7) is 0. The molecular weight excluding hydrogens is 378 g/mol. The van der Waals surface area contributed by atoms with Crippen LogP contribution in [0.3, 0.4) is 0 Å². The molecular formula is C24H19N3OS. The van der Waals surface area contributed by atoms with Gasteiger partial charge in [0.25, 0.3) is 0 Å². The normalized spacial score (nSPS) is 13.0. The molecule has 0 N–H and O–H groups in total. The van der Waals surface area contributed by atoms with Gasteiger partial charge in [-0.15, -0.1) is 11.8 Å². The molecule has 0 radical (unpaired) electrons. The molecule has 0 saturated heterocycles. The van der Waals surface area contributed by atoms with E-state index in [0.29, 0.717) is 5.82 Å². The molecule has 0 fully saturated rings. The Morgan fingerprint density at radius 2 is 1.59 bits per heavy atom. The van der Waals surface area contributed by atoms with E-state index in [4.69, 9.17) is 0 Å². The fourth-order valence-electron chi connectivity index (χ4n) is 3.38. The first-order chi connectivity index (χ1) is 14.2. The highest BCUT2D eigenvalue weighted by atomic mass is 32.2. The zero-order valence-electron chi connectivity index (χ0n) is 15.9. The summed E-state index contributed by atoms with van der Waals surface area (Å²) < 4.78 is 1.84. The Bertz CT molecular complexity index is 1180. The molecule has 29 heavy (non-hydrogen) atoms. The first kappa shape index (κ1) is 19.0. The van der Waals surface area contributed by atoms with Crippen LogP contribution >= 0.6 is 11.8 Å². The average Bonchev–Trinajstić information content (AvgIpc) is 3.10. The third kappa shape index (κ3) is 3.80. The number of rotatable bonds is 6. The van der Waals surface area contributed by atoms with Crippen molar-refractivity contribution in [3.8, 4) is 6.07 Å². The lowest BCUT2D eigenvalue weighted by atomic mass is 9.97. The number of nitrogens with zero attached hydrogens (tertiary/aromatic N) is 3. The molecule has 0 aliphatic heterocycles. The van der Waals surface area contributed by atoms with Crippen LogP contribution in [0.4, 0.5) is 0 Å². The topological polar surface area (TPSA) is 58.7 Å². The van der Waals surface area contributed by atoms with Crippen LogP contribution in [0.1, 0.15) is 22.6 Å². The average molecular weight is 398 g/mol. The van der Waals surface area contributed by atoms with Crippen molar-refractivity contribution in [3.05, 3.63) is 96.3 Å². The lowest BCUT2D eigenvalue weighted by molar-refractivity contribution is -0.119. The molecule has 0 aliphatic carbocycles. The molecule has 4 aromatic rings. The number of aryl methyl sites for hydroxylation is 1. The van der Waals surface area contributed by atoms with Crippen LogP contribution in [0.15, 0.2) is 89.8 Å². The number of benzene rings is 3. The minimum Gasteiger partial charge on any atom is -0.330 e. The number of ketones is 1. The Labute approximate surface area is 173 Å². The maximum absolute atomic E-state index is 13.6. The summed E-state index contributed by atoms with van der Waals surface area (Å²) in [4.78, 5) is 19.2. The van der Waals surface area contributed by atoms with Crippen molar-refractivity contribution in [1.82, 2.24) is 9.55 Å². The molecule has 5 heteroatoms. The third-order valence-corrected chi connectivity index (χ3v) is 6.14. The van der Waals surface area contributed by atoms with Crippen molar-refractivity contribution in [2.75, 3.05) is 0 Å². The fraction of sp³-hybridized carbons (Fsp3) is 0.125. The summed E-state index contributed by atoms with van der Waals surface area (Å²) in [5, 5.41) is 9.43. The van der Waals surface area contributed by atoms with E-state index in [2.05, 4.69) is 11.1 Å². The van der Waals surface area contributed by atoms with E-state index >= 15 is 0 Å². The minimum atomic E-state index is -0.950. The van der Waals surface area contributed by atoms with Gasteiger partial charge in [-0.25, -0.2) is 4.98 Å². The van der Waals surface area contributed by atoms with Crippen molar-refractivity contribution < 1.29 is 4.79 Å². The van der Waals surface area contributed by atoms with E-state index < -0.39 is 11.2 Å². The SMILES string of the molecule is Cn1c([C@H](C#N)C(=O)[C@@H](Sc2ccccc2)c2ccccc2)nc2ccccc21. The molecule has 3 aromatic carbocycles. The Morgan fingerprint density at radius 1 is 0.966 bits per heavy atom. The lowest BCUT2D eigenvalue weighted by Crippen LogP contribution is -2.20. The van der Waals surface area contributed by atoms with E-state index in [1.165, 1.54) is 11.8 Å². The van der Waals surface area contributed by atoms with Crippen LogP contribution < -0.4 is 0 Å². The summed E-state index contributed by atoms with van der Waals surface area (Å²) in [5.74, 6) is -0.631. The maximum Gasteiger partial charge on any atom is 0.175 e. The molecule has 0 unspecified atom stereocenters. The summed E-state index contributed by atoms with van der Waals surface area (Å²) in [5.41, 5.74) is 2.57. The second-order valence-corrected chi connectivity index (χ2v) is 7.88. The molecule has 4 rings (SSSR count). The number of aromatic nitrogens is 2. The zero-order valence-corrected chi connectivity index (χ0v) is 16.7. The largest absolute Gasteiger partial charge is 0.330 e. The van der Waals surface area contributed by atoms with Crippen LogP contribution in [0.5, 0.6) is 0 Å². The van der Waals surface area contributed by atoms with Crippen molar-refractivity contribution in [3.63, 3.8) is 0 Å². The molecule has 0 spiro atoms. The number of imidazole rings is 1. The first-order valence-corrected chi connectivity index (χ1v) is 10.2. The summed E-state index contributed by atoms with van der Waals surface area (Å²) in [7, 11) is 1.85. The molecule has 142 valence electrons. The monoisotopic (exact) mass is 397 g/mol. The molecule has 1 aromatic heterocycles. The number of thioether (sulfide) groups is 1. The lowest BCUT2D eigenvalue weighted by Gasteiger charge is -2.19. The molecule has 0 saturated carbocycles. The number of hydrogen-bond donors (Lipinski definition) is 0. The number of para-hydroxylation sites is 2. The van der Waals surface area contributed by atoms with Crippen LogP contribution in [0.25, 0.3) is 11.0 Å². The van der Waals surface area contributed by atoms with E-state index in [9.17, 15) is 10.1 Å². The number of Topliss-reactive ketones (excluding diaryl/α,β-unsaturated/α-hetero) is 1. The highest BCUT2D eigenvalue weighted by molar-refractivity contribution is 8.00. The van der Waals surface area contributed by atoms with Gasteiger partial charge in [-0.1, -0.05) is 60.7 Å². The van der Waals surface area contributed by atoms with Crippen molar-refractivity contribution in [2.45, 2.75) is 16.1 Å². The predicted molar refractivity (Wildman–Crippen MR) is 116 cm³/mol. The Balaban J connectivity index is 1.75. The Hall–Kier alpha value is -3.36. The van der Waals surface area contributed by atoms with E-state index in [0.717, 1.165) is 21.5 Å². The smallest absolute Gasteiger partial charge is 0.175 e. The van der Waals surface area contributed by atoms with Crippen LogP contribution in [0.2, 0.25) is 0 Å².